The number of nitrogens with zero attached hydrogens (tertiary/aromatic N) is 1. The molecule has 2 aromatic carbocycles. The summed E-state index contributed by atoms with van der Waals surface area (Å²) in [7, 11) is 2.79. The number of hydrogen-bond donors (Lipinski definition) is 2. The zero-order valence-corrected chi connectivity index (χ0v) is 20.7. The van der Waals surface area contributed by atoms with Crippen molar-refractivity contribution >= 4 is 40.9 Å². The van der Waals surface area contributed by atoms with Gasteiger partial charge in [-0.3, -0.25) is 9.63 Å². The van der Waals surface area contributed by atoms with Gasteiger partial charge < -0.3 is 14.8 Å². The maximum atomic E-state index is 12.7. The van der Waals surface area contributed by atoms with E-state index >= 15 is 0 Å². The molecule has 184 valence electrons. The van der Waals surface area contributed by atoms with E-state index in [-0.39, 0.29) is 22.0 Å². The normalized spacial score (nSPS) is 11.4. The fourth-order valence-electron chi connectivity index (χ4n) is 3.29. The Kier molecular flexibility index (Phi) is 9.72. The van der Waals surface area contributed by atoms with E-state index in [0.717, 1.165) is 11.3 Å². The van der Waals surface area contributed by atoms with Crippen LogP contribution in [-0.2, 0) is 27.2 Å². The predicted molar refractivity (Wildman–Crippen MR) is 134 cm³/mol. The van der Waals surface area contributed by atoms with Gasteiger partial charge in [0.05, 0.1) is 36.4 Å². The van der Waals surface area contributed by atoms with E-state index in [2.05, 4.69) is 15.8 Å². The number of anilines is 1. The molecule has 3 aromatic rings. The number of methoxy groups -OCH3 is 1. The van der Waals surface area contributed by atoms with Crippen molar-refractivity contribution in [2.24, 2.45) is 0 Å². The zero-order valence-electron chi connectivity index (χ0n) is 19.2. The summed E-state index contributed by atoms with van der Waals surface area (Å²) in [5.74, 6) is 0.147. The quantitative estimate of drug-likeness (QED) is 0.285. The van der Waals surface area contributed by atoms with Gasteiger partial charge in [-0.2, -0.15) is 0 Å². The van der Waals surface area contributed by atoms with E-state index < -0.39 is 17.9 Å². The number of amides is 1. The average Bonchev–Trinajstić information content (AvgIpc) is 2.84. The van der Waals surface area contributed by atoms with Crippen molar-refractivity contribution < 1.29 is 23.9 Å². The molecule has 35 heavy (non-hydrogen) atoms. The first-order valence-corrected chi connectivity index (χ1v) is 11.5. The van der Waals surface area contributed by atoms with Crippen LogP contribution in [0, 0.1) is 0 Å². The minimum atomic E-state index is -0.925. The summed E-state index contributed by atoms with van der Waals surface area (Å²) >= 11 is 12.2. The Bertz CT molecular complexity index is 1140. The second-order valence-corrected chi connectivity index (χ2v) is 8.23. The number of carbonyl (C=O) groups is 2. The molecule has 0 fully saturated rings. The van der Waals surface area contributed by atoms with Crippen LogP contribution in [0.5, 0.6) is 5.75 Å². The summed E-state index contributed by atoms with van der Waals surface area (Å²) in [5.41, 5.74) is 4.46. The highest BCUT2D eigenvalue weighted by molar-refractivity contribution is 6.39. The molecule has 0 unspecified atom stereocenters. The SMILES string of the molecule is CONc1cccc(CCOc2ccc(C[C@H](NC(=O)c3c(Cl)cccc3Cl)C(=O)OC)cc2)n1. The van der Waals surface area contributed by atoms with Crippen molar-refractivity contribution in [3.63, 3.8) is 0 Å². The Morgan fingerprint density at radius 1 is 0.971 bits per heavy atom. The van der Waals surface area contributed by atoms with E-state index in [1.807, 2.05) is 24.3 Å². The Labute approximate surface area is 213 Å². The summed E-state index contributed by atoms with van der Waals surface area (Å²) < 4.78 is 10.7. The first kappa shape index (κ1) is 26.3. The van der Waals surface area contributed by atoms with E-state index in [4.69, 9.17) is 37.5 Å². The van der Waals surface area contributed by atoms with Crippen LogP contribution in [0.4, 0.5) is 5.82 Å². The molecular weight excluding hydrogens is 493 g/mol. The first-order valence-electron chi connectivity index (χ1n) is 10.7. The molecule has 0 radical (unpaired) electrons. The predicted octanol–water partition coefficient (Wildman–Crippen LogP) is 4.50. The number of rotatable bonds is 11. The van der Waals surface area contributed by atoms with Crippen LogP contribution in [-0.4, -0.2) is 43.7 Å². The van der Waals surface area contributed by atoms with E-state index in [1.165, 1.54) is 14.2 Å². The number of nitrogens with one attached hydrogen (secondary N) is 2. The molecule has 1 heterocycles. The molecule has 1 atom stereocenters. The number of esters is 1. The zero-order chi connectivity index (χ0) is 25.2. The molecule has 10 heteroatoms. The molecule has 3 rings (SSSR count). The molecule has 1 amide bonds. The third kappa shape index (κ3) is 7.58. The largest absolute Gasteiger partial charge is 0.493 e. The molecule has 0 saturated carbocycles. The van der Waals surface area contributed by atoms with Gasteiger partial charge >= 0.3 is 5.97 Å². The number of ether oxygens (including phenoxy) is 2. The second kappa shape index (κ2) is 12.9. The minimum Gasteiger partial charge on any atom is -0.493 e. The number of carbonyl (C=O) groups excluding carboxylic acids is 2. The fourth-order valence-corrected chi connectivity index (χ4v) is 3.86. The Balaban J connectivity index is 1.59. The average molecular weight is 518 g/mol. The highest BCUT2D eigenvalue weighted by Crippen LogP contribution is 2.24. The maximum absolute atomic E-state index is 12.7. The minimum absolute atomic E-state index is 0.103. The molecule has 8 nitrogen and oxygen atoms in total. The lowest BCUT2D eigenvalue weighted by Gasteiger charge is -2.18. The summed E-state index contributed by atoms with van der Waals surface area (Å²) in [6, 6.07) is 16.6. The number of aromatic nitrogens is 1. The van der Waals surface area contributed by atoms with Crippen molar-refractivity contribution in [3.8, 4) is 5.75 Å². The lowest BCUT2D eigenvalue weighted by Crippen LogP contribution is -2.43. The lowest BCUT2D eigenvalue weighted by molar-refractivity contribution is -0.142. The summed E-state index contributed by atoms with van der Waals surface area (Å²) in [4.78, 5) is 34.3. The van der Waals surface area contributed by atoms with Crippen LogP contribution in [0.2, 0.25) is 10.0 Å². The highest BCUT2D eigenvalue weighted by atomic mass is 35.5. The summed E-state index contributed by atoms with van der Waals surface area (Å²) in [6.07, 6.45) is 0.825. The van der Waals surface area contributed by atoms with Crippen molar-refractivity contribution in [3.05, 3.63) is 87.5 Å². The first-order chi connectivity index (χ1) is 16.9. The third-order valence-corrected chi connectivity index (χ3v) is 5.61. The van der Waals surface area contributed by atoms with Gasteiger partial charge in [-0.1, -0.05) is 47.5 Å². The van der Waals surface area contributed by atoms with Crippen LogP contribution < -0.4 is 15.5 Å². The van der Waals surface area contributed by atoms with Gasteiger partial charge in [-0.05, 0) is 42.0 Å². The third-order valence-electron chi connectivity index (χ3n) is 4.98. The Morgan fingerprint density at radius 2 is 1.66 bits per heavy atom. The van der Waals surface area contributed by atoms with Gasteiger partial charge in [0.25, 0.3) is 5.91 Å². The molecule has 0 spiro atoms. The number of benzene rings is 2. The van der Waals surface area contributed by atoms with Gasteiger partial charge in [-0.15, -0.1) is 0 Å². The Morgan fingerprint density at radius 3 is 2.31 bits per heavy atom. The number of pyridine rings is 1. The van der Waals surface area contributed by atoms with Gasteiger partial charge in [0.15, 0.2) is 0 Å². The van der Waals surface area contributed by atoms with Crippen molar-refractivity contribution in [2.75, 3.05) is 26.3 Å². The molecule has 0 aliphatic carbocycles. The van der Waals surface area contributed by atoms with Gasteiger partial charge in [0.2, 0.25) is 0 Å². The van der Waals surface area contributed by atoms with Crippen molar-refractivity contribution in [2.45, 2.75) is 18.9 Å². The van der Waals surface area contributed by atoms with E-state index in [0.29, 0.717) is 24.6 Å². The molecule has 1 aromatic heterocycles. The number of halogens is 2. The fraction of sp³-hybridized carbons (Fsp3) is 0.240. The molecular formula is C25H25Cl2N3O5. The smallest absolute Gasteiger partial charge is 0.328 e. The molecule has 0 bridgehead atoms. The van der Waals surface area contributed by atoms with Crippen LogP contribution in [0.15, 0.2) is 60.7 Å². The standard InChI is InChI=1S/C25H25Cl2N3O5/c1-33-25(32)21(29-24(31)23-19(26)6-4-7-20(23)27)15-16-9-11-18(12-10-16)35-14-13-17-5-3-8-22(28-17)30-34-2/h3-12,21H,13-15H2,1-2H3,(H,28,30)(H,29,31)/t21-/m0/s1. The van der Waals surface area contributed by atoms with Gasteiger partial charge in [0.1, 0.15) is 17.6 Å². The molecule has 0 aliphatic heterocycles. The maximum Gasteiger partial charge on any atom is 0.328 e. The van der Waals surface area contributed by atoms with Crippen LogP contribution >= 0.6 is 23.2 Å². The van der Waals surface area contributed by atoms with E-state index in [9.17, 15) is 9.59 Å². The van der Waals surface area contributed by atoms with Crippen LogP contribution in [0.3, 0.4) is 0 Å². The van der Waals surface area contributed by atoms with Crippen LogP contribution in [0.25, 0.3) is 0 Å². The summed E-state index contributed by atoms with van der Waals surface area (Å²) in [6.45, 7) is 0.433. The van der Waals surface area contributed by atoms with Crippen molar-refractivity contribution in [1.29, 1.82) is 0 Å². The second-order valence-electron chi connectivity index (χ2n) is 7.41. The van der Waals surface area contributed by atoms with E-state index in [1.54, 1.807) is 36.4 Å². The Hall–Kier alpha value is -3.33. The summed E-state index contributed by atoms with van der Waals surface area (Å²) in [5, 5.41) is 3.04. The van der Waals surface area contributed by atoms with Gasteiger partial charge in [0, 0.05) is 18.5 Å². The molecule has 2 N–H and O–H groups in total. The lowest BCUT2D eigenvalue weighted by atomic mass is 10.0. The van der Waals surface area contributed by atoms with Crippen molar-refractivity contribution in [1.82, 2.24) is 10.3 Å². The highest BCUT2D eigenvalue weighted by Gasteiger charge is 2.25. The molecule has 0 saturated heterocycles. The topological polar surface area (TPSA) is 98.8 Å². The van der Waals surface area contributed by atoms with Crippen LogP contribution in [0.1, 0.15) is 21.6 Å². The van der Waals surface area contributed by atoms with Gasteiger partial charge in [-0.25, -0.2) is 15.3 Å². The number of hydrogen-bond acceptors (Lipinski definition) is 7. The monoisotopic (exact) mass is 517 g/mol. The molecule has 0 aliphatic rings.